The summed E-state index contributed by atoms with van der Waals surface area (Å²) in [5.41, 5.74) is 1.84. The number of halogens is 2. The number of benzene rings is 2. The molecule has 0 aromatic heterocycles. The highest BCUT2D eigenvalue weighted by Gasteiger charge is 2.28. The van der Waals surface area contributed by atoms with Crippen LogP contribution in [-0.2, 0) is 41.3 Å². The van der Waals surface area contributed by atoms with Crippen LogP contribution in [0.1, 0.15) is 45.2 Å². The van der Waals surface area contributed by atoms with Gasteiger partial charge in [0.25, 0.3) is 8.53 Å². The van der Waals surface area contributed by atoms with Gasteiger partial charge in [0, 0.05) is 49.3 Å². The molecule has 0 heterocycles. The lowest BCUT2D eigenvalue weighted by atomic mass is 10.2. The number of aliphatic hydroxyl groups excluding tert-OH is 1. The molecule has 0 saturated carbocycles. The van der Waals surface area contributed by atoms with Gasteiger partial charge in [0.05, 0.1) is 19.1 Å². The van der Waals surface area contributed by atoms with E-state index in [1.807, 2.05) is 94.4 Å². The van der Waals surface area contributed by atoms with E-state index in [0.29, 0.717) is 0 Å². The van der Waals surface area contributed by atoms with E-state index in [-0.39, 0.29) is 44.9 Å². The largest absolute Gasteiger partial charge is 0.459 e. The van der Waals surface area contributed by atoms with E-state index in [1.165, 1.54) is 0 Å². The van der Waals surface area contributed by atoms with Gasteiger partial charge in [-0.25, -0.2) is 14.3 Å². The van der Waals surface area contributed by atoms with Crippen molar-refractivity contribution in [1.82, 2.24) is 4.67 Å². The summed E-state index contributed by atoms with van der Waals surface area (Å²) < 4.78 is 23.4. The van der Waals surface area contributed by atoms with Crippen LogP contribution in [0, 0.1) is 11.3 Å². The first-order chi connectivity index (χ1) is 18.8. The highest BCUT2D eigenvalue weighted by Crippen LogP contribution is 2.45. The van der Waals surface area contributed by atoms with Crippen molar-refractivity contribution in [2.45, 2.75) is 59.4 Å². The molecule has 216 valence electrons. The summed E-state index contributed by atoms with van der Waals surface area (Å²) in [6, 6.07) is 21.2. The summed E-state index contributed by atoms with van der Waals surface area (Å²) in [4.78, 5) is 22.5. The van der Waals surface area contributed by atoms with Crippen LogP contribution in [0.25, 0.3) is 0 Å². The molecule has 0 radical (unpaired) electrons. The third-order valence-corrected chi connectivity index (χ3v) is 6.62. The van der Waals surface area contributed by atoms with Crippen molar-refractivity contribution in [2.75, 3.05) is 19.8 Å². The highest BCUT2D eigenvalue weighted by molar-refractivity contribution is 15.0. The lowest BCUT2D eigenvalue weighted by molar-refractivity contribution is -0.148. The topological polar surface area (TPSA) is 118 Å². The SMILES string of the molecule is CC(C)N(C(C)C)P(OCCC#N)OCC(=O)OCc1ccccc1.II.O=C(CO)OCc1ccccc1. The Kier molecular flexibility index (Phi) is 23.5. The van der Waals surface area contributed by atoms with E-state index in [9.17, 15) is 9.59 Å². The Balaban J connectivity index is 0.000000858. The third kappa shape index (κ3) is 18.6. The number of carbonyl (C=O) groups excluding carboxylic acids is 2. The van der Waals surface area contributed by atoms with Gasteiger partial charge in [0.1, 0.15) is 19.8 Å². The monoisotopic (exact) mass is 786 g/mol. The van der Waals surface area contributed by atoms with Gasteiger partial charge < -0.3 is 23.6 Å². The number of aliphatic hydroxyl groups is 1. The summed E-state index contributed by atoms with van der Waals surface area (Å²) >= 11 is 4.24. The molecule has 0 saturated heterocycles. The second-order valence-electron chi connectivity index (χ2n) is 8.27. The number of carbonyl (C=O) groups is 2. The predicted molar refractivity (Wildman–Crippen MR) is 169 cm³/mol. The lowest BCUT2D eigenvalue weighted by Gasteiger charge is -2.35. The summed E-state index contributed by atoms with van der Waals surface area (Å²) in [6.45, 7) is 8.14. The molecule has 1 unspecified atom stereocenters. The number of ether oxygens (including phenoxy) is 2. The van der Waals surface area contributed by atoms with E-state index in [4.69, 9.17) is 24.2 Å². The maximum atomic E-state index is 11.9. The molecule has 0 bridgehead atoms. The Morgan fingerprint density at radius 1 is 0.872 bits per heavy atom. The zero-order valence-electron chi connectivity index (χ0n) is 22.7. The zero-order valence-corrected chi connectivity index (χ0v) is 27.9. The van der Waals surface area contributed by atoms with Crippen LogP contribution in [0.2, 0.25) is 0 Å². The molecule has 2 aromatic carbocycles. The molecule has 0 aliphatic rings. The molecule has 39 heavy (non-hydrogen) atoms. The Bertz CT molecular complexity index is 940. The summed E-state index contributed by atoms with van der Waals surface area (Å²) in [7, 11) is -1.43. The maximum absolute atomic E-state index is 11.9. The van der Waals surface area contributed by atoms with Crippen LogP contribution in [0.5, 0.6) is 0 Å². The van der Waals surface area contributed by atoms with E-state index < -0.39 is 27.1 Å². The van der Waals surface area contributed by atoms with Gasteiger partial charge in [-0.05, 0) is 38.8 Å². The second kappa shape index (κ2) is 24.4. The van der Waals surface area contributed by atoms with E-state index >= 15 is 0 Å². The quantitative estimate of drug-likeness (QED) is 0.0990. The molecule has 0 spiro atoms. The molecule has 0 fully saturated rings. The van der Waals surface area contributed by atoms with Crippen LogP contribution in [-0.4, -0.2) is 53.6 Å². The fourth-order valence-corrected chi connectivity index (χ4v) is 4.54. The Morgan fingerprint density at radius 2 is 1.33 bits per heavy atom. The number of rotatable bonds is 14. The van der Waals surface area contributed by atoms with Crippen molar-refractivity contribution < 1.29 is 33.2 Å². The minimum atomic E-state index is -1.43. The van der Waals surface area contributed by atoms with Crippen molar-refractivity contribution >= 4 is 57.7 Å². The van der Waals surface area contributed by atoms with Crippen molar-refractivity contribution in [1.29, 1.82) is 5.26 Å². The van der Waals surface area contributed by atoms with Gasteiger partial charge in [-0.1, -0.05) is 60.7 Å². The Labute approximate surface area is 256 Å². The van der Waals surface area contributed by atoms with Gasteiger partial charge in [-0.3, -0.25) is 0 Å². The fourth-order valence-electron chi connectivity index (χ4n) is 2.98. The first-order valence-electron chi connectivity index (χ1n) is 12.1. The summed E-state index contributed by atoms with van der Waals surface area (Å²) in [5.74, 6) is -1.04. The number of esters is 2. The standard InChI is InChI=1S/C18H27N2O4P.C9H10O3.I2/c1-15(2)20(16(3)4)25(23-12-8-11-19)24-14-18(21)22-13-17-9-6-5-7-10-17;10-6-9(11)12-7-8-4-2-1-3-5-8;1-2/h5-7,9-10,15-16H,8,12-14H2,1-4H3;1-5,10H,6-7H2;. The van der Waals surface area contributed by atoms with Crippen molar-refractivity contribution in [2.24, 2.45) is 0 Å². The maximum Gasteiger partial charge on any atom is 0.332 e. The van der Waals surface area contributed by atoms with Gasteiger partial charge >= 0.3 is 11.9 Å². The van der Waals surface area contributed by atoms with Crippen LogP contribution < -0.4 is 0 Å². The summed E-state index contributed by atoms with van der Waals surface area (Å²) in [6.07, 6.45) is 0.282. The lowest BCUT2D eigenvalue weighted by Crippen LogP contribution is -2.34. The van der Waals surface area contributed by atoms with Crippen LogP contribution in [0.3, 0.4) is 0 Å². The minimum Gasteiger partial charge on any atom is -0.459 e. The molecule has 2 rings (SSSR count). The van der Waals surface area contributed by atoms with Crippen molar-refractivity contribution in [3.63, 3.8) is 0 Å². The molecule has 2 aromatic rings. The average Bonchev–Trinajstić information content (AvgIpc) is 2.95. The first kappa shape index (κ1) is 37.6. The number of hydrogen-bond donors (Lipinski definition) is 1. The normalized spacial score (nSPS) is 11.0. The van der Waals surface area contributed by atoms with E-state index in [2.05, 4.69) is 46.6 Å². The number of nitrogens with zero attached hydrogens (tertiary/aromatic N) is 2. The predicted octanol–water partition coefficient (Wildman–Crippen LogP) is 6.52. The van der Waals surface area contributed by atoms with Crippen molar-refractivity contribution in [3.05, 3.63) is 71.8 Å². The van der Waals surface area contributed by atoms with E-state index in [1.54, 1.807) is 0 Å². The molecular formula is C27H37I2N2O7P. The highest BCUT2D eigenvalue weighted by atomic mass is 128. The molecular weight excluding hydrogens is 749 g/mol. The molecule has 0 amide bonds. The Hall–Kier alpha value is -1.40. The molecule has 1 N–H and O–H groups in total. The fraction of sp³-hybridized carbons (Fsp3) is 0.444. The smallest absolute Gasteiger partial charge is 0.332 e. The molecule has 9 nitrogen and oxygen atoms in total. The molecule has 12 heteroatoms. The second-order valence-corrected chi connectivity index (χ2v) is 9.72. The minimum absolute atomic E-state index is 0.180. The molecule has 0 aliphatic heterocycles. The van der Waals surface area contributed by atoms with Crippen LogP contribution >= 0.6 is 45.8 Å². The summed E-state index contributed by atoms with van der Waals surface area (Å²) in [5, 5.41) is 17.0. The van der Waals surface area contributed by atoms with Gasteiger partial charge in [0.2, 0.25) is 0 Å². The number of hydrogen-bond acceptors (Lipinski definition) is 9. The molecule has 0 aliphatic carbocycles. The van der Waals surface area contributed by atoms with Crippen LogP contribution in [0.4, 0.5) is 0 Å². The number of nitriles is 1. The zero-order chi connectivity index (χ0) is 29.5. The van der Waals surface area contributed by atoms with Gasteiger partial charge in [-0.2, -0.15) is 5.26 Å². The van der Waals surface area contributed by atoms with Crippen molar-refractivity contribution in [3.8, 4) is 6.07 Å². The average molecular weight is 786 g/mol. The van der Waals surface area contributed by atoms with Gasteiger partial charge in [0.15, 0.2) is 6.61 Å². The third-order valence-electron chi connectivity index (χ3n) is 4.57. The van der Waals surface area contributed by atoms with Gasteiger partial charge in [-0.15, -0.1) is 0 Å². The van der Waals surface area contributed by atoms with Crippen LogP contribution in [0.15, 0.2) is 60.7 Å². The Morgan fingerprint density at radius 3 is 1.74 bits per heavy atom. The van der Waals surface area contributed by atoms with E-state index in [0.717, 1.165) is 11.1 Å². The molecule has 1 atom stereocenters. The first-order valence-corrected chi connectivity index (χ1v) is 19.5.